The van der Waals surface area contributed by atoms with Crippen LogP contribution in [0.4, 0.5) is 5.69 Å². The highest BCUT2D eigenvalue weighted by Gasteiger charge is 2.08. The van der Waals surface area contributed by atoms with Gasteiger partial charge in [0.25, 0.3) is 11.8 Å². The van der Waals surface area contributed by atoms with Gasteiger partial charge >= 0.3 is 0 Å². The third kappa shape index (κ3) is 6.68. The van der Waals surface area contributed by atoms with Gasteiger partial charge in [0.1, 0.15) is 11.5 Å². The molecule has 0 radical (unpaired) electrons. The van der Waals surface area contributed by atoms with Gasteiger partial charge in [-0.15, -0.1) is 0 Å². The summed E-state index contributed by atoms with van der Waals surface area (Å²) in [7, 11) is 1.54. The lowest BCUT2D eigenvalue weighted by Crippen LogP contribution is -2.20. The largest absolute Gasteiger partial charge is 0.495 e. The number of benzene rings is 3. The van der Waals surface area contributed by atoms with Gasteiger partial charge in [0.05, 0.1) is 19.0 Å². The molecule has 0 fully saturated rings. The van der Waals surface area contributed by atoms with Gasteiger partial charge in [-0.2, -0.15) is 5.10 Å². The van der Waals surface area contributed by atoms with Crippen molar-refractivity contribution in [3.63, 3.8) is 0 Å². The lowest BCUT2D eigenvalue weighted by Gasteiger charge is -2.10. The molecule has 0 atom stereocenters. The minimum Gasteiger partial charge on any atom is -0.495 e. The standard InChI is InChI=1S/C23H20BrN3O4/c1-30-21-5-3-2-4-20(21)26-22(28)15-31-19-12-6-16(7-13-19)14-25-27-23(29)17-8-10-18(24)11-9-17/h2-14H,15H2,1H3,(H,26,28)(H,27,29)/b25-14-. The average Bonchev–Trinajstić information content (AvgIpc) is 2.79. The van der Waals surface area contributed by atoms with Crippen molar-refractivity contribution in [1.29, 1.82) is 0 Å². The summed E-state index contributed by atoms with van der Waals surface area (Å²) in [5.74, 6) is 0.508. The van der Waals surface area contributed by atoms with E-state index in [1.165, 1.54) is 6.21 Å². The minimum absolute atomic E-state index is 0.144. The molecule has 0 heterocycles. The number of hydrogen-bond donors (Lipinski definition) is 2. The van der Waals surface area contributed by atoms with Crippen LogP contribution < -0.4 is 20.2 Å². The molecule has 0 bridgehead atoms. The van der Waals surface area contributed by atoms with Crippen LogP contribution in [0.3, 0.4) is 0 Å². The highest BCUT2D eigenvalue weighted by Crippen LogP contribution is 2.23. The molecule has 2 amide bonds. The molecular weight excluding hydrogens is 462 g/mol. The molecule has 0 unspecified atom stereocenters. The molecule has 158 valence electrons. The fourth-order valence-corrected chi connectivity index (χ4v) is 2.83. The highest BCUT2D eigenvalue weighted by molar-refractivity contribution is 9.10. The Morgan fingerprint density at radius 3 is 2.42 bits per heavy atom. The molecule has 2 N–H and O–H groups in total. The van der Waals surface area contributed by atoms with Gasteiger partial charge in [0.2, 0.25) is 0 Å². The highest BCUT2D eigenvalue weighted by atomic mass is 79.9. The van der Waals surface area contributed by atoms with E-state index in [4.69, 9.17) is 9.47 Å². The predicted molar refractivity (Wildman–Crippen MR) is 123 cm³/mol. The number of carbonyl (C=O) groups excluding carboxylic acids is 2. The Labute approximate surface area is 188 Å². The van der Waals surface area contributed by atoms with Crippen molar-refractivity contribution < 1.29 is 19.1 Å². The van der Waals surface area contributed by atoms with Crippen LogP contribution in [0, 0.1) is 0 Å². The number of halogens is 1. The number of para-hydroxylation sites is 2. The first-order chi connectivity index (χ1) is 15.0. The lowest BCUT2D eigenvalue weighted by molar-refractivity contribution is -0.118. The molecule has 0 spiro atoms. The number of hydrazone groups is 1. The molecular formula is C23H20BrN3O4. The van der Waals surface area contributed by atoms with E-state index in [0.717, 1.165) is 10.0 Å². The zero-order chi connectivity index (χ0) is 22.1. The second-order valence-corrected chi connectivity index (χ2v) is 7.23. The molecule has 0 aromatic heterocycles. The summed E-state index contributed by atoms with van der Waals surface area (Å²) in [5, 5.41) is 6.70. The van der Waals surface area contributed by atoms with Crippen LogP contribution in [0.2, 0.25) is 0 Å². The fraction of sp³-hybridized carbons (Fsp3) is 0.0870. The summed E-state index contributed by atoms with van der Waals surface area (Å²) in [5.41, 5.74) is 4.33. The van der Waals surface area contributed by atoms with E-state index in [1.807, 2.05) is 6.07 Å². The predicted octanol–water partition coefficient (Wildman–Crippen LogP) is 4.24. The molecule has 31 heavy (non-hydrogen) atoms. The normalized spacial score (nSPS) is 10.5. The van der Waals surface area contributed by atoms with Crippen LogP contribution in [0.15, 0.2) is 82.4 Å². The van der Waals surface area contributed by atoms with E-state index in [9.17, 15) is 9.59 Å². The van der Waals surface area contributed by atoms with Crippen molar-refractivity contribution >= 4 is 39.6 Å². The quantitative estimate of drug-likeness (QED) is 0.372. The third-order valence-electron chi connectivity index (χ3n) is 4.12. The Balaban J connectivity index is 1.47. The first-order valence-corrected chi connectivity index (χ1v) is 10.1. The van der Waals surface area contributed by atoms with Gasteiger partial charge in [-0.1, -0.05) is 28.1 Å². The molecule has 0 saturated carbocycles. The Morgan fingerprint density at radius 1 is 1.00 bits per heavy atom. The van der Waals surface area contributed by atoms with Crippen LogP contribution in [-0.4, -0.2) is 31.7 Å². The fourth-order valence-electron chi connectivity index (χ4n) is 2.56. The SMILES string of the molecule is COc1ccccc1NC(=O)COc1ccc(/C=N\NC(=O)c2ccc(Br)cc2)cc1. The number of nitrogens with zero attached hydrogens (tertiary/aromatic N) is 1. The van der Waals surface area contributed by atoms with Gasteiger partial charge in [0, 0.05) is 10.0 Å². The van der Waals surface area contributed by atoms with Crippen molar-refractivity contribution in [1.82, 2.24) is 5.43 Å². The Hall–Kier alpha value is -3.65. The minimum atomic E-state index is -0.301. The molecule has 0 aliphatic rings. The molecule has 3 aromatic carbocycles. The summed E-state index contributed by atoms with van der Waals surface area (Å²) < 4.78 is 11.6. The van der Waals surface area contributed by atoms with Gasteiger partial charge in [-0.05, 0) is 66.2 Å². The molecule has 0 aliphatic heterocycles. The smallest absolute Gasteiger partial charge is 0.271 e. The maximum absolute atomic E-state index is 12.1. The number of anilines is 1. The number of hydrogen-bond acceptors (Lipinski definition) is 5. The van der Waals surface area contributed by atoms with E-state index in [2.05, 4.69) is 31.8 Å². The van der Waals surface area contributed by atoms with E-state index in [1.54, 1.807) is 73.8 Å². The second-order valence-electron chi connectivity index (χ2n) is 6.31. The number of nitrogens with one attached hydrogen (secondary N) is 2. The zero-order valence-corrected chi connectivity index (χ0v) is 18.3. The summed E-state index contributed by atoms with van der Waals surface area (Å²) in [6, 6.07) is 21.1. The van der Waals surface area contributed by atoms with Crippen molar-refractivity contribution in [2.75, 3.05) is 19.0 Å². The van der Waals surface area contributed by atoms with Crippen molar-refractivity contribution in [2.45, 2.75) is 0 Å². The molecule has 8 heteroatoms. The first kappa shape index (κ1) is 22.0. The maximum atomic E-state index is 12.1. The number of rotatable bonds is 8. The van der Waals surface area contributed by atoms with Crippen LogP contribution in [0.5, 0.6) is 11.5 Å². The van der Waals surface area contributed by atoms with Crippen LogP contribution in [-0.2, 0) is 4.79 Å². The number of carbonyl (C=O) groups is 2. The van der Waals surface area contributed by atoms with Crippen molar-refractivity contribution in [3.8, 4) is 11.5 Å². The topological polar surface area (TPSA) is 89.0 Å². The Kier molecular flexibility index (Phi) is 7.78. The molecule has 3 aromatic rings. The van der Waals surface area contributed by atoms with Gasteiger partial charge in [-0.25, -0.2) is 5.43 Å². The van der Waals surface area contributed by atoms with E-state index < -0.39 is 0 Å². The molecule has 3 rings (SSSR count). The van der Waals surface area contributed by atoms with Crippen LogP contribution >= 0.6 is 15.9 Å². The maximum Gasteiger partial charge on any atom is 0.271 e. The second kappa shape index (κ2) is 10.9. The Morgan fingerprint density at radius 2 is 1.71 bits per heavy atom. The van der Waals surface area contributed by atoms with Gasteiger partial charge in [-0.3, -0.25) is 9.59 Å². The van der Waals surface area contributed by atoms with E-state index in [0.29, 0.717) is 22.7 Å². The van der Waals surface area contributed by atoms with Gasteiger partial charge < -0.3 is 14.8 Å². The van der Waals surface area contributed by atoms with Crippen LogP contribution in [0.1, 0.15) is 15.9 Å². The summed E-state index contributed by atoms with van der Waals surface area (Å²) in [6.45, 7) is -0.144. The Bertz CT molecular complexity index is 1070. The number of ether oxygens (including phenoxy) is 2. The van der Waals surface area contributed by atoms with Crippen LogP contribution in [0.25, 0.3) is 0 Å². The summed E-state index contributed by atoms with van der Waals surface area (Å²) >= 11 is 3.32. The monoisotopic (exact) mass is 481 g/mol. The number of amides is 2. The molecule has 7 nitrogen and oxygen atoms in total. The van der Waals surface area contributed by atoms with E-state index >= 15 is 0 Å². The van der Waals surface area contributed by atoms with Crippen molar-refractivity contribution in [2.24, 2.45) is 5.10 Å². The number of methoxy groups -OCH3 is 1. The zero-order valence-electron chi connectivity index (χ0n) is 16.7. The van der Waals surface area contributed by atoms with Gasteiger partial charge in [0.15, 0.2) is 6.61 Å². The van der Waals surface area contributed by atoms with Crippen molar-refractivity contribution in [3.05, 3.63) is 88.4 Å². The summed E-state index contributed by atoms with van der Waals surface area (Å²) in [6.07, 6.45) is 1.52. The summed E-state index contributed by atoms with van der Waals surface area (Å²) in [4.78, 5) is 24.1. The third-order valence-corrected chi connectivity index (χ3v) is 4.65. The average molecular weight is 482 g/mol. The molecule has 0 aliphatic carbocycles. The molecule has 0 saturated heterocycles. The van der Waals surface area contributed by atoms with E-state index in [-0.39, 0.29) is 18.4 Å². The first-order valence-electron chi connectivity index (χ1n) is 9.30. The lowest BCUT2D eigenvalue weighted by atomic mass is 10.2.